The van der Waals surface area contributed by atoms with Crippen molar-refractivity contribution in [2.24, 2.45) is 0 Å². The van der Waals surface area contributed by atoms with Gasteiger partial charge < -0.3 is 10.0 Å². The van der Waals surface area contributed by atoms with Crippen LogP contribution in [-0.4, -0.2) is 43.5 Å². The molecule has 1 N–H and O–H groups in total. The molecule has 1 aliphatic rings. The zero-order valence-electron chi connectivity index (χ0n) is 11.7. The second-order valence-corrected chi connectivity index (χ2v) is 7.43. The van der Waals surface area contributed by atoms with E-state index in [1.165, 1.54) is 17.0 Å². The lowest BCUT2D eigenvalue weighted by Gasteiger charge is -2.17. The Bertz CT molecular complexity index is 681. The maximum atomic E-state index is 12.0. The normalized spacial score (nSPS) is 14.3. The predicted octanol–water partition coefficient (Wildman–Crippen LogP) is 1.10. The summed E-state index contributed by atoms with van der Waals surface area (Å²) in [6.07, 6.45) is 0.541. The third-order valence-corrected chi connectivity index (χ3v) is 5.33. The molecule has 0 aliphatic carbocycles. The van der Waals surface area contributed by atoms with Crippen LogP contribution in [0, 0.1) is 0 Å². The molecular formula is C14H17NO5S. The summed E-state index contributed by atoms with van der Waals surface area (Å²) < 4.78 is 22.9. The second-order valence-electron chi connectivity index (χ2n) is 4.96. The van der Waals surface area contributed by atoms with E-state index in [-0.39, 0.29) is 29.4 Å². The van der Waals surface area contributed by atoms with Gasteiger partial charge in [0.1, 0.15) is 9.84 Å². The molecule has 6 nitrogen and oxygen atoms in total. The highest BCUT2D eigenvalue weighted by Gasteiger charge is 2.27. The van der Waals surface area contributed by atoms with E-state index >= 15 is 0 Å². The number of anilines is 1. The van der Waals surface area contributed by atoms with Crippen molar-refractivity contribution in [1.29, 1.82) is 0 Å². The molecule has 114 valence electrons. The van der Waals surface area contributed by atoms with Crippen LogP contribution in [0.4, 0.5) is 5.69 Å². The maximum absolute atomic E-state index is 12.0. The smallest absolute Gasteiger partial charge is 0.335 e. The number of sulfone groups is 1. The molecule has 1 aromatic rings. The minimum atomic E-state index is -3.04. The molecule has 0 unspecified atom stereocenters. The number of benzene rings is 1. The van der Waals surface area contributed by atoms with Crippen molar-refractivity contribution >= 4 is 27.4 Å². The fraction of sp³-hybridized carbons (Fsp3) is 0.429. The Balaban J connectivity index is 2.10. The lowest BCUT2D eigenvalue weighted by molar-refractivity contribution is -0.117. The molecule has 0 bridgehead atoms. The Hall–Kier alpha value is -1.89. The first-order valence-corrected chi connectivity index (χ1v) is 8.53. The largest absolute Gasteiger partial charge is 0.478 e. The maximum Gasteiger partial charge on any atom is 0.335 e. The van der Waals surface area contributed by atoms with Crippen molar-refractivity contribution in [2.45, 2.75) is 19.8 Å². The number of hydrogen-bond acceptors (Lipinski definition) is 4. The lowest BCUT2D eigenvalue weighted by atomic mass is 10.1. The van der Waals surface area contributed by atoms with E-state index < -0.39 is 15.8 Å². The van der Waals surface area contributed by atoms with E-state index in [2.05, 4.69) is 0 Å². The van der Waals surface area contributed by atoms with Gasteiger partial charge in [0, 0.05) is 18.0 Å². The zero-order chi connectivity index (χ0) is 15.6. The number of carboxylic acid groups (broad SMARTS) is 1. The number of amides is 1. The molecule has 1 aliphatic heterocycles. The van der Waals surface area contributed by atoms with Gasteiger partial charge in [-0.3, -0.25) is 4.79 Å². The molecule has 0 fully saturated rings. The summed E-state index contributed by atoms with van der Waals surface area (Å²) >= 11 is 0. The first-order valence-electron chi connectivity index (χ1n) is 6.71. The van der Waals surface area contributed by atoms with E-state index in [1.807, 2.05) is 0 Å². The summed E-state index contributed by atoms with van der Waals surface area (Å²) in [6, 6.07) is 4.56. The quantitative estimate of drug-likeness (QED) is 0.849. The Morgan fingerprint density at radius 2 is 2.10 bits per heavy atom. The molecule has 1 amide bonds. The monoisotopic (exact) mass is 311 g/mol. The van der Waals surface area contributed by atoms with E-state index in [1.54, 1.807) is 13.0 Å². The van der Waals surface area contributed by atoms with Crippen LogP contribution in [0.15, 0.2) is 18.2 Å². The van der Waals surface area contributed by atoms with Gasteiger partial charge >= 0.3 is 5.97 Å². The van der Waals surface area contributed by atoms with Crippen LogP contribution in [0.5, 0.6) is 0 Å². The molecule has 21 heavy (non-hydrogen) atoms. The summed E-state index contributed by atoms with van der Waals surface area (Å²) in [5.41, 5.74) is 1.51. The average Bonchev–Trinajstić information content (AvgIpc) is 2.74. The molecule has 1 aromatic carbocycles. The summed E-state index contributed by atoms with van der Waals surface area (Å²) in [5, 5.41) is 8.94. The van der Waals surface area contributed by atoms with Crippen molar-refractivity contribution < 1.29 is 23.1 Å². The predicted molar refractivity (Wildman–Crippen MR) is 78.4 cm³/mol. The van der Waals surface area contributed by atoms with Gasteiger partial charge in [-0.1, -0.05) is 6.92 Å². The van der Waals surface area contributed by atoms with Crippen molar-refractivity contribution in [3.05, 3.63) is 29.3 Å². The van der Waals surface area contributed by atoms with Crippen molar-refractivity contribution in [2.75, 3.05) is 23.0 Å². The number of carbonyl (C=O) groups is 2. The number of fused-ring (bicyclic) bond motifs is 1. The highest BCUT2D eigenvalue weighted by molar-refractivity contribution is 7.91. The summed E-state index contributed by atoms with van der Waals surface area (Å²) in [4.78, 5) is 24.4. The van der Waals surface area contributed by atoms with Crippen LogP contribution >= 0.6 is 0 Å². The lowest BCUT2D eigenvalue weighted by Crippen LogP contribution is -2.29. The number of rotatable bonds is 6. The number of carbonyl (C=O) groups excluding carboxylic acids is 1. The minimum Gasteiger partial charge on any atom is -0.478 e. The molecule has 0 radical (unpaired) electrons. The van der Waals surface area contributed by atoms with E-state index in [4.69, 9.17) is 5.11 Å². The fourth-order valence-corrected chi connectivity index (χ4v) is 3.21. The van der Waals surface area contributed by atoms with Gasteiger partial charge in [0.15, 0.2) is 0 Å². The molecule has 0 saturated carbocycles. The molecule has 2 rings (SSSR count). The Morgan fingerprint density at radius 1 is 1.38 bits per heavy atom. The number of nitrogens with zero attached hydrogens (tertiary/aromatic N) is 1. The van der Waals surface area contributed by atoms with Gasteiger partial charge in [-0.2, -0.15) is 0 Å². The van der Waals surface area contributed by atoms with Crippen LogP contribution < -0.4 is 4.90 Å². The van der Waals surface area contributed by atoms with Gasteiger partial charge in [0.25, 0.3) is 0 Å². The van der Waals surface area contributed by atoms with Crippen molar-refractivity contribution in [3.63, 3.8) is 0 Å². The first-order chi connectivity index (χ1) is 9.84. The summed E-state index contributed by atoms with van der Waals surface area (Å²) in [6.45, 7) is 1.93. The molecular weight excluding hydrogens is 294 g/mol. The summed E-state index contributed by atoms with van der Waals surface area (Å²) in [5.74, 6) is -1.01. The summed E-state index contributed by atoms with van der Waals surface area (Å²) in [7, 11) is -3.04. The molecule has 0 saturated heterocycles. The van der Waals surface area contributed by atoms with E-state index in [0.29, 0.717) is 24.2 Å². The van der Waals surface area contributed by atoms with Gasteiger partial charge in [-0.25, -0.2) is 13.2 Å². The van der Waals surface area contributed by atoms with Gasteiger partial charge in [0.05, 0.1) is 17.7 Å². The zero-order valence-corrected chi connectivity index (χ0v) is 12.5. The standard InChI is InChI=1S/C14H17NO5S/c1-2-21(19,20)7-3-6-15-12-5-4-10(14(17)18)8-11(12)9-13(15)16/h4-5,8H,2-3,6-7,9H2,1H3,(H,17,18). The van der Waals surface area contributed by atoms with E-state index in [0.717, 1.165) is 0 Å². The van der Waals surface area contributed by atoms with Crippen LogP contribution in [0.25, 0.3) is 0 Å². The average molecular weight is 311 g/mol. The first kappa shape index (κ1) is 15.5. The van der Waals surface area contributed by atoms with E-state index in [9.17, 15) is 18.0 Å². The minimum absolute atomic E-state index is 0.0514. The number of hydrogen-bond donors (Lipinski definition) is 1. The Labute approximate surface area is 123 Å². The van der Waals surface area contributed by atoms with Crippen LogP contribution in [-0.2, 0) is 21.1 Å². The van der Waals surface area contributed by atoms with Crippen LogP contribution in [0.1, 0.15) is 29.3 Å². The highest BCUT2D eigenvalue weighted by atomic mass is 32.2. The van der Waals surface area contributed by atoms with Crippen molar-refractivity contribution in [1.82, 2.24) is 0 Å². The molecule has 0 atom stereocenters. The van der Waals surface area contributed by atoms with Crippen LogP contribution in [0.3, 0.4) is 0 Å². The number of carboxylic acids is 1. The van der Waals surface area contributed by atoms with Gasteiger partial charge in [-0.05, 0) is 30.2 Å². The van der Waals surface area contributed by atoms with Gasteiger partial charge in [-0.15, -0.1) is 0 Å². The molecule has 0 spiro atoms. The molecule has 7 heteroatoms. The second kappa shape index (κ2) is 5.85. The van der Waals surface area contributed by atoms with Crippen molar-refractivity contribution in [3.8, 4) is 0 Å². The topological polar surface area (TPSA) is 91.8 Å². The Morgan fingerprint density at radius 3 is 2.71 bits per heavy atom. The number of aromatic carboxylic acids is 1. The molecule has 0 aromatic heterocycles. The SMILES string of the molecule is CCS(=O)(=O)CCCN1C(=O)Cc2cc(C(=O)O)ccc21. The fourth-order valence-electron chi connectivity index (χ4n) is 2.35. The third kappa shape index (κ3) is 3.41. The highest BCUT2D eigenvalue weighted by Crippen LogP contribution is 2.29. The Kier molecular flexibility index (Phi) is 4.32. The third-order valence-electron chi connectivity index (χ3n) is 3.54. The van der Waals surface area contributed by atoms with Gasteiger partial charge in [0.2, 0.25) is 5.91 Å². The molecule has 1 heterocycles. The van der Waals surface area contributed by atoms with Crippen LogP contribution in [0.2, 0.25) is 0 Å².